The molecule has 2 aromatic carbocycles. The Morgan fingerprint density at radius 3 is 2.43 bits per heavy atom. The number of para-hydroxylation sites is 1. The first-order valence-electron chi connectivity index (χ1n) is 8.80. The SMILES string of the molecule is O=C(NCc1cn(-c2ccccc2)nc1-c1ccc(F)cc1)c1ccccn1. The van der Waals surface area contributed by atoms with Crippen LogP contribution in [0.5, 0.6) is 0 Å². The fourth-order valence-electron chi connectivity index (χ4n) is 2.87. The van der Waals surface area contributed by atoms with Crippen molar-refractivity contribution in [3.8, 4) is 16.9 Å². The van der Waals surface area contributed by atoms with Gasteiger partial charge in [0.2, 0.25) is 0 Å². The average Bonchev–Trinajstić information content (AvgIpc) is 3.18. The molecular weight excluding hydrogens is 355 g/mol. The number of amides is 1. The van der Waals surface area contributed by atoms with Crippen molar-refractivity contribution in [3.05, 3.63) is 102 Å². The molecule has 5 nitrogen and oxygen atoms in total. The molecule has 0 spiro atoms. The first-order chi connectivity index (χ1) is 13.7. The Morgan fingerprint density at radius 1 is 0.964 bits per heavy atom. The third-order valence-electron chi connectivity index (χ3n) is 4.27. The van der Waals surface area contributed by atoms with Crippen LogP contribution in [0.25, 0.3) is 16.9 Å². The zero-order valence-electron chi connectivity index (χ0n) is 14.9. The van der Waals surface area contributed by atoms with Crippen LogP contribution in [0.3, 0.4) is 0 Å². The highest BCUT2D eigenvalue weighted by Crippen LogP contribution is 2.24. The van der Waals surface area contributed by atoms with E-state index < -0.39 is 0 Å². The molecule has 0 bridgehead atoms. The fraction of sp³-hybridized carbons (Fsp3) is 0.0455. The van der Waals surface area contributed by atoms with Crippen molar-refractivity contribution in [2.24, 2.45) is 0 Å². The molecule has 0 aliphatic heterocycles. The molecule has 2 heterocycles. The van der Waals surface area contributed by atoms with Crippen molar-refractivity contribution in [3.63, 3.8) is 0 Å². The Labute approximate surface area is 161 Å². The van der Waals surface area contributed by atoms with Gasteiger partial charge in [0.15, 0.2) is 0 Å². The summed E-state index contributed by atoms with van der Waals surface area (Å²) in [7, 11) is 0. The van der Waals surface area contributed by atoms with E-state index in [-0.39, 0.29) is 18.3 Å². The van der Waals surface area contributed by atoms with Crippen LogP contribution in [0, 0.1) is 5.82 Å². The van der Waals surface area contributed by atoms with Crippen LogP contribution in [0.1, 0.15) is 16.1 Å². The second-order valence-electron chi connectivity index (χ2n) is 6.19. The van der Waals surface area contributed by atoms with Crippen LogP contribution in [0.2, 0.25) is 0 Å². The minimum absolute atomic E-state index is 0.266. The summed E-state index contributed by atoms with van der Waals surface area (Å²) in [6, 6.07) is 21.0. The van der Waals surface area contributed by atoms with Crippen molar-refractivity contribution in [2.75, 3.05) is 0 Å². The Balaban J connectivity index is 1.65. The molecule has 1 amide bonds. The quantitative estimate of drug-likeness (QED) is 0.576. The lowest BCUT2D eigenvalue weighted by molar-refractivity contribution is 0.0946. The molecule has 0 aliphatic carbocycles. The summed E-state index contributed by atoms with van der Waals surface area (Å²) in [6.07, 6.45) is 3.44. The smallest absolute Gasteiger partial charge is 0.270 e. The summed E-state index contributed by atoms with van der Waals surface area (Å²) in [5.41, 5.74) is 3.53. The number of hydrogen-bond donors (Lipinski definition) is 1. The van der Waals surface area contributed by atoms with E-state index >= 15 is 0 Å². The summed E-state index contributed by atoms with van der Waals surface area (Å²) >= 11 is 0. The molecule has 0 unspecified atom stereocenters. The van der Waals surface area contributed by atoms with Gasteiger partial charge in [-0.25, -0.2) is 9.07 Å². The van der Waals surface area contributed by atoms with Crippen LogP contribution < -0.4 is 5.32 Å². The molecule has 0 fully saturated rings. The molecule has 4 rings (SSSR count). The van der Waals surface area contributed by atoms with Crippen molar-refractivity contribution < 1.29 is 9.18 Å². The number of aromatic nitrogens is 3. The standard InChI is InChI=1S/C22H17FN4O/c23-18-11-9-16(10-12-18)21-17(14-25-22(28)20-8-4-5-13-24-20)15-27(26-21)19-6-2-1-3-7-19/h1-13,15H,14H2,(H,25,28). The minimum atomic E-state index is -0.309. The van der Waals surface area contributed by atoms with Gasteiger partial charge in [0.05, 0.1) is 11.4 Å². The van der Waals surface area contributed by atoms with Crippen LogP contribution in [-0.2, 0) is 6.54 Å². The maximum Gasteiger partial charge on any atom is 0.270 e. The second-order valence-corrected chi connectivity index (χ2v) is 6.19. The van der Waals surface area contributed by atoms with E-state index in [0.717, 1.165) is 16.8 Å². The maximum absolute atomic E-state index is 13.3. The molecule has 28 heavy (non-hydrogen) atoms. The normalized spacial score (nSPS) is 10.6. The first kappa shape index (κ1) is 17.6. The summed E-state index contributed by atoms with van der Waals surface area (Å²) in [5.74, 6) is -0.575. The lowest BCUT2D eigenvalue weighted by atomic mass is 10.1. The number of pyridine rings is 1. The van der Waals surface area contributed by atoms with Gasteiger partial charge in [0.25, 0.3) is 5.91 Å². The number of carbonyl (C=O) groups is 1. The predicted octanol–water partition coefficient (Wildman–Crippen LogP) is 4.00. The first-order valence-corrected chi connectivity index (χ1v) is 8.80. The Morgan fingerprint density at radius 2 is 1.71 bits per heavy atom. The maximum atomic E-state index is 13.3. The minimum Gasteiger partial charge on any atom is -0.346 e. The molecule has 0 radical (unpaired) electrons. The monoisotopic (exact) mass is 372 g/mol. The number of halogens is 1. The Bertz CT molecular complexity index is 1080. The van der Waals surface area contributed by atoms with E-state index in [9.17, 15) is 9.18 Å². The molecule has 138 valence electrons. The van der Waals surface area contributed by atoms with Crippen LogP contribution in [-0.4, -0.2) is 20.7 Å². The van der Waals surface area contributed by atoms with Gasteiger partial charge in [-0.15, -0.1) is 0 Å². The van der Waals surface area contributed by atoms with Crippen LogP contribution in [0.4, 0.5) is 4.39 Å². The highest BCUT2D eigenvalue weighted by molar-refractivity contribution is 5.92. The summed E-state index contributed by atoms with van der Waals surface area (Å²) in [4.78, 5) is 16.4. The lowest BCUT2D eigenvalue weighted by Crippen LogP contribution is -2.23. The number of rotatable bonds is 5. The van der Waals surface area contributed by atoms with Gasteiger partial charge < -0.3 is 5.32 Å². The molecule has 0 saturated heterocycles. The van der Waals surface area contributed by atoms with Crippen molar-refractivity contribution in [1.29, 1.82) is 0 Å². The molecule has 0 atom stereocenters. The largest absolute Gasteiger partial charge is 0.346 e. The Kier molecular flexibility index (Phi) is 4.93. The van der Waals surface area contributed by atoms with Gasteiger partial charge in [-0.1, -0.05) is 24.3 Å². The summed E-state index contributed by atoms with van der Waals surface area (Å²) in [6.45, 7) is 0.273. The molecule has 4 aromatic rings. The third kappa shape index (κ3) is 3.81. The van der Waals surface area contributed by atoms with Gasteiger partial charge in [0.1, 0.15) is 11.5 Å². The zero-order chi connectivity index (χ0) is 19.3. The third-order valence-corrected chi connectivity index (χ3v) is 4.27. The zero-order valence-corrected chi connectivity index (χ0v) is 14.9. The topological polar surface area (TPSA) is 59.8 Å². The number of hydrogen-bond acceptors (Lipinski definition) is 3. The fourth-order valence-corrected chi connectivity index (χ4v) is 2.87. The molecule has 6 heteroatoms. The van der Waals surface area contributed by atoms with Gasteiger partial charge in [-0.2, -0.15) is 5.10 Å². The number of carbonyl (C=O) groups excluding carboxylic acids is 1. The number of nitrogens with zero attached hydrogens (tertiary/aromatic N) is 3. The predicted molar refractivity (Wildman–Crippen MR) is 104 cm³/mol. The van der Waals surface area contributed by atoms with E-state index in [0.29, 0.717) is 11.4 Å². The van der Waals surface area contributed by atoms with Crippen LogP contribution >= 0.6 is 0 Å². The van der Waals surface area contributed by atoms with E-state index in [1.807, 2.05) is 36.5 Å². The van der Waals surface area contributed by atoms with Crippen molar-refractivity contribution in [1.82, 2.24) is 20.1 Å². The summed E-state index contributed by atoms with van der Waals surface area (Å²) in [5, 5.41) is 7.53. The summed E-state index contributed by atoms with van der Waals surface area (Å²) < 4.78 is 15.1. The van der Waals surface area contributed by atoms with Gasteiger partial charge in [-0.05, 0) is 48.5 Å². The van der Waals surface area contributed by atoms with Crippen molar-refractivity contribution in [2.45, 2.75) is 6.54 Å². The van der Waals surface area contributed by atoms with E-state index in [1.165, 1.54) is 12.1 Å². The average molecular weight is 372 g/mol. The van der Waals surface area contributed by atoms with Crippen molar-refractivity contribution >= 4 is 5.91 Å². The molecule has 0 aliphatic rings. The number of nitrogens with one attached hydrogen (secondary N) is 1. The van der Waals surface area contributed by atoms with Gasteiger partial charge >= 0.3 is 0 Å². The molecule has 0 saturated carbocycles. The molecular formula is C22H17FN4O. The van der Waals surface area contributed by atoms with E-state index in [4.69, 9.17) is 0 Å². The molecule has 1 N–H and O–H groups in total. The lowest BCUT2D eigenvalue weighted by Gasteiger charge is -2.05. The highest BCUT2D eigenvalue weighted by Gasteiger charge is 2.14. The number of benzene rings is 2. The van der Waals surface area contributed by atoms with E-state index in [2.05, 4.69) is 15.4 Å². The van der Waals surface area contributed by atoms with Crippen LogP contribution in [0.15, 0.2) is 85.2 Å². The highest BCUT2D eigenvalue weighted by atomic mass is 19.1. The van der Waals surface area contributed by atoms with Gasteiger partial charge in [-0.3, -0.25) is 9.78 Å². The molecule has 2 aromatic heterocycles. The second kappa shape index (κ2) is 7.84. The van der Waals surface area contributed by atoms with E-state index in [1.54, 1.807) is 41.2 Å². The Hall–Kier alpha value is -3.80. The van der Waals surface area contributed by atoms with Gasteiger partial charge in [0, 0.05) is 30.1 Å².